The van der Waals surface area contributed by atoms with Crippen molar-refractivity contribution in [2.24, 2.45) is 5.92 Å². The Labute approximate surface area is 108 Å². The van der Waals surface area contributed by atoms with Crippen molar-refractivity contribution >= 4 is 5.91 Å². The minimum atomic E-state index is -0.130. The summed E-state index contributed by atoms with van der Waals surface area (Å²) in [5.74, 6) is 0.523. The van der Waals surface area contributed by atoms with Crippen LogP contribution in [0.5, 0.6) is 0 Å². The predicted octanol–water partition coefficient (Wildman–Crippen LogP) is 1.79. The van der Waals surface area contributed by atoms with Gasteiger partial charge in [-0.1, -0.05) is 0 Å². The lowest BCUT2D eigenvalue weighted by atomic mass is 9.87. The molecule has 0 aliphatic heterocycles. The van der Waals surface area contributed by atoms with E-state index in [2.05, 4.69) is 5.32 Å². The number of hydrogen-bond acceptors (Lipinski definition) is 2. The number of nitrogens with one attached hydrogen (secondary N) is 1. The van der Waals surface area contributed by atoms with Crippen molar-refractivity contribution in [3.05, 3.63) is 24.0 Å². The topological polar surface area (TPSA) is 54.3 Å². The summed E-state index contributed by atoms with van der Waals surface area (Å²) in [6.45, 7) is 3.56. The molecule has 0 spiro atoms. The Hall–Kier alpha value is -1.29. The van der Waals surface area contributed by atoms with Crippen LogP contribution in [0.1, 0.15) is 43.1 Å². The first-order valence-electron chi connectivity index (χ1n) is 6.82. The van der Waals surface area contributed by atoms with Crippen LogP contribution in [0.4, 0.5) is 0 Å². The fourth-order valence-electron chi connectivity index (χ4n) is 2.57. The molecule has 2 N–H and O–H groups in total. The molecule has 0 saturated heterocycles. The van der Waals surface area contributed by atoms with Crippen molar-refractivity contribution in [3.8, 4) is 0 Å². The van der Waals surface area contributed by atoms with E-state index in [0.717, 1.165) is 44.5 Å². The van der Waals surface area contributed by atoms with Crippen LogP contribution in [0.3, 0.4) is 0 Å². The average Bonchev–Trinajstić information content (AvgIpc) is 2.86. The van der Waals surface area contributed by atoms with E-state index < -0.39 is 0 Å². The highest BCUT2D eigenvalue weighted by Gasteiger charge is 2.20. The van der Waals surface area contributed by atoms with E-state index in [1.165, 1.54) is 0 Å². The first kappa shape index (κ1) is 13.1. The van der Waals surface area contributed by atoms with Gasteiger partial charge in [-0.2, -0.15) is 0 Å². The highest BCUT2D eigenvalue weighted by atomic mass is 16.3. The fourth-order valence-corrected chi connectivity index (χ4v) is 2.57. The van der Waals surface area contributed by atoms with Gasteiger partial charge in [0.1, 0.15) is 5.69 Å². The van der Waals surface area contributed by atoms with Gasteiger partial charge in [-0.05, 0) is 50.7 Å². The van der Waals surface area contributed by atoms with Crippen molar-refractivity contribution in [2.75, 3.05) is 6.54 Å². The lowest BCUT2D eigenvalue weighted by Crippen LogP contribution is -2.33. The van der Waals surface area contributed by atoms with E-state index >= 15 is 0 Å². The summed E-state index contributed by atoms with van der Waals surface area (Å²) in [6.07, 6.45) is 5.55. The van der Waals surface area contributed by atoms with Crippen molar-refractivity contribution in [3.63, 3.8) is 0 Å². The minimum Gasteiger partial charge on any atom is -0.393 e. The second-order valence-electron chi connectivity index (χ2n) is 5.06. The third-order valence-corrected chi connectivity index (χ3v) is 3.77. The van der Waals surface area contributed by atoms with Crippen molar-refractivity contribution < 1.29 is 9.90 Å². The maximum atomic E-state index is 12.0. The monoisotopic (exact) mass is 250 g/mol. The van der Waals surface area contributed by atoms with Gasteiger partial charge in [-0.25, -0.2) is 0 Å². The Balaban J connectivity index is 1.81. The van der Waals surface area contributed by atoms with Crippen molar-refractivity contribution in [1.29, 1.82) is 0 Å². The smallest absolute Gasteiger partial charge is 0.267 e. The van der Waals surface area contributed by atoms with Gasteiger partial charge >= 0.3 is 0 Å². The van der Waals surface area contributed by atoms with Gasteiger partial charge < -0.3 is 15.0 Å². The molecule has 1 saturated carbocycles. The quantitative estimate of drug-likeness (QED) is 0.856. The molecule has 0 bridgehead atoms. The van der Waals surface area contributed by atoms with Gasteiger partial charge in [0.25, 0.3) is 5.91 Å². The summed E-state index contributed by atoms with van der Waals surface area (Å²) in [4.78, 5) is 12.0. The molecule has 0 atom stereocenters. The Bertz CT molecular complexity index is 392. The van der Waals surface area contributed by atoms with E-state index in [0.29, 0.717) is 5.92 Å². The van der Waals surface area contributed by atoms with Crippen molar-refractivity contribution in [2.45, 2.75) is 45.3 Å². The van der Waals surface area contributed by atoms with Crippen LogP contribution in [0.2, 0.25) is 0 Å². The molecule has 1 amide bonds. The molecule has 0 radical (unpaired) electrons. The molecule has 0 aromatic carbocycles. The van der Waals surface area contributed by atoms with E-state index in [9.17, 15) is 9.90 Å². The molecular formula is C14H22N2O2. The third kappa shape index (κ3) is 3.13. The maximum Gasteiger partial charge on any atom is 0.267 e. The number of hydrogen-bond donors (Lipinski definition) is 2. The molecule has 4 heteroatoms. The number of carbonyl (C=O) groups is 1. The number of aliphatic hydroxyl groups excluding tert-OH is 1. The highest BCUT2D eigenvalue weighted by molar-refractivity contribution is 5.92. The molecule has 1 aromatic rings. The first-order chi connectivity index (χ1) is 8.70. The van der Waals surface area contributed by atoms with E-state index in [4.69, 9.17) is 0 Å². The van der Waals surface area contributed by atoms with Gasteiger partial charge in [-0.15, -0.1) is 0 Å². The van der Waals surface area contributed by atoms with Crippen LogP contribution < -0.4 is 5.32 Å². The van der Waals surface area contributed by atoms with Gasteiger partial charge in [0.2, 0.25) is 0 Å². The number of aliphatic hydroxyl groups is 1. The number of carbonyl (C=O) groups excluding carboxylic acids is 1. The first-order valence-corrected chi connectivity index (χ1v) is 6.82. The lowest BCUT2D eigenvalue weighted by Gasteiger charge is -2.25. The molecule has 1 aliphatic carbocycles. The van der Waals surface area contributed by atoms with E-state index in [1.807, 2.05) is 29.8 Å². The number of amides is 1. The molecule has 4 nitrogen and oxygen atoms in total. The molecule has 1 aromatic heterocycles. The SMILES string of the molecule is CCn1cccc1C(=O)NCC1CCC(O)CC1. The van der Waals surface area contributed by atoms with Crippen LogP contribution in [0, 0.1) is 5.92 Å². The van der Waals surface area contributed by atoms with Gasteiger partial charge in [-0.3, -0.25) is 4.79 Å². The molecule has 1 fully saturated rings. The molecule has 100 valence electrons. The Morgan fingerprint density at radius 1 is 1.44 bits per heavy atom. The minimum absolute atomic E-state index is 0.00738. The van der Waals surface area contributed by atoms with E-state index in [1.54, 1.807) is 0 Å². The number of aryl methyl sites for hydroxylation is 1. The molecule has 1 aliphatic rings. The Morgan fingerprint density at radius 2 is 2.17 bits per heavy atom. The Morgan fingerprint density at radius 3 is 2.83 bits per heavy atom. The van der Waals surface area contributed by atoms with Gasteiger partial charge in [0.05, 0.1) is 6.10 Å². The van der Waals surface area contributed by atoms with Crippen LogP contribution in [0.25, 0.3) is 0 Å². The average molecular weight is 250 g/mol. The predicted molar refractivity (Wildman–Crippen MR) is 70.4 cm³/mol. The molecule has 2 rings (SSSR count). The summed E-state index contributed by atoms with van der Waals surface area (Å²) in [5.41, 5.74) is 0.730. The summed E-state index contributed by atoms with van der Waals surface area (Å²) < 4.78 is 1.94. The van der Waals surface area contributed by atoms with Gasteiger partial charge in [0, 0.05) is 19.3 Å². The largest absolute Gasteiger partial charge is 0.393 e. The highest BCUT2D eigenvalue weighted by Crippen LogP contribution is 2.23. The number of rotatable bonds is 4. The zero-order valence-corrected chi connectivity index (χ0v) is 10.9. The fraction of sp³-hybridized carbons (Fsp3) is 0.643. The number of nitrogens with zero attached hydrogens (tertiary/aromatic N) is 1. The lowest BCUT2D eigenvalue weighted by molar-refractivity contribution is 0.0902. The van der Waals surface area contributed by atoms with Gasteiger partial charge in [0.15, 0.2) is 0 Å². The summed E-state index contributed by atoms with van der Waals surface area (Å²) in [7, 11) is 0. The second-order valence-corrected chi connectivity index (χ2v) is 5.06. The van der Waals surface area contributed by atoms with Crippen LogP contribution in [-0.2, 0) is 6.54 Å². The van der Waals surface area contributed by atoms with Crippen molar-refractivity contribution in [1.82, 2.24) is 9.88 Å². The summed E-state index contributed by atoms with van der Waals surface area (Å²) in [6, 6.07) is 3.75. The number of aromatic nitrogens is 1. The standard InChI is InChI=1S/C14H22N2O2/c1-2-16-9-3-4-13(16)14(18)15-10-11-5-7-12(17)8-6-11/h3-4,9,11-12,17H,2,5-8,10H2,1H3,(H,15,18). The molecule has 18 heavy (non-hydrogen) atoms. The summed E-state index contributed by atoms with van der Waals surface area (Å²) >= 11 is 0. The molecule has 1 heterocycles. The molecular weight excluding hydrogens is 228 g/mol. The zero-order chi connectivity index (χ0) is 13.0. The third-order valence-electron chi connectivity index (χ3n) is 3.77. The Kier molecular flexibility index (Phi) is 4.42. The summed E-state index contributed by atoms with van der Waals surface area (Å²) in [5, 5.41) is 12.4. The van der Waals surface area contributed by atoms with Crippen LogP contribution >= 0.6 is 0 Å². The van der Waals surface area contributed by atoms with E-state index in [-0.39, 0.29) is 12.0 Å². The normalized spacial score (nSPS) is 23.9. The van der Waals surface area contributed by atoms with Crippen LogP contribution in [0.15, 0.2) is 18.3 Å². The molecule has 0 unspecified atom stereocenters. The zero-order valence-electron chi connectivity index (χ0n) is 10.9. The second kappa shape index (κ2) is 6.05. The maximum absolute atomic E-state index is 12.0. The van der Waals surface area contributed by atoms with Crippen LogP contribution in [-0.4, -0.2) is 28.2 Å².